The average molecular weight is 585 g/mol. The molecule has 1 amide bonds. The molecule has 0 saturated carbocycles. The highest BCUT2D eigenvalue weighted by Crippen LogP contribution is 2.35. The van der Waals surface area contributed by atoms with Gasteiger partial charge in [-0.05, 0) is 61.7 Å². The third-order valence-electron chi connectivity index (χ3n) is 8.68. The summed E-state index contributed by atoms with van der Waals surface area (Å²) in [5.41, 5.74) is 4.01. The van der Waals surface area contributed by atoms with Crippen molar-refractivity contribution in [2.24, 2.45) is 0 Å². The first kappa shape index (κ1) is 30.7. The second kappa shape index (κ2) is 14.2. The second-order valence-electron chi connectivity index (χ2n) is 11.8. The largest absolute Gasteiger partial charge is 0.508 e. The highest BCUT2D eigenvalue weighted by atomic mass is 16.5. The lowest BCUT2D eigenvalue weighted by atomic mass is 9.92. The van der Waals surface area contributed by atoms with Crippen molar-refractivity contribution in [2.45, 2.75) is 45.4 Å². The molecule has 2 fully saturated rings. The van der Waals surface area contributed by atoms with E-state index in [1.54, 1.807) is 13.0 Å². The Balaban J connectivity index is 1.34. The van der Waals surface area contributed by atoms with Crippen molar-refractivity contribution in [1.29, 1.82) is 0 Å². The van der Waals surface area contributed by atoms with Crippen molar-refractivity contribution in [3.8, 4) is 5.75 Å². The first-order valence-electron chi connectivity index (χ1n) is 15.4. The van der Waals surface area contributed by atoms with Crippen LogP contribution < -0.4 is 0 Å². The van der Waals surface area contributed by atoms with Gasteiger partial charge >= 0.3 is 5.97 Å². The number of rotatable bonds is 9. The molecule has 5 rings (SSSR count). The Morgan fingerprint density at radius 3 is 2.26 bits per heavy atom. The van der Waals surface area contributed by atoms with E-state index in [2.05, 4.69) is 66.1 Å². The summed E-state index contributed by atoms with van der Waals surface area (Å²) in [5.74, 6) is 0.0117. The van der Waals surface area contributed by atoms with Crippen LogP contribution in [0.2, 0.25) is 0 Å². The molecule has 3 aromatic rings. The number of hydrogen-bond acceptors (Lipinski definition) is 7. The van der Waals surface area contributed by atoms with Gasteiger partial charge in [-0.15, -0.1) is 0 Å². The molecule has 3 atom stereocenters. The van der Waals surface area contributed by atoms with Crippen molar-refractivity contribution in [1.82, 2.24) is 19.6 Å². The van der Waals surface area contributed by atoms with Crippen molar-refractivity contribution < 1.29 is 19.4 Å². The summed E-state index contributed by atoms with van der Waals surface area (Å²) in [7, 11) is 0. The number of piperazine rings is 2. The standard InChI is InChI=1S/C35H44N4O4/c1-4-43-33(41)25-36-16-18-37(19-17-36)35(42)31-14-8-12-29(20-31)34(30-13-9-15-32(40)21-30)39-23-26(2)38(22-27(39)3)24-28-10-6-5-7-11-28/h5-15,20-21,26-27,34,40H,4,16-19,22-25H2,1-3H3/t26-,27+,34-/m1/s1. The van der Waals surface area contributed by atoms with Gasteiger partial charge < -0.3 is 14.7 Å². The Bertz CT molecular complexity index is 1380. The zero-order valence-electron chi connectivity index (χ0n) is 25.6. The molecule has 2 saturated heterocycles. The maximum absolute atomic E-state index is 13.7. The van der Waals surface area contributed by atoms with Crippen LogP contribution in [0.3, 0.4) is 0 Å². The number of hydrogen-bond donors (Lipinski definition) is 1. The van der Waals surface area contributed by atoms with Crippen molar-refractivity contribution in [3.63, 3.8) is 0 Å². The maximum Gasteiger partial charge on any atom is 0.320 e. The summed E-state index contributed by atoms with van der Waals surface area (Å²) in [5, 5.41) is 10.4. The second-order valence-corrected chi connectivity index (χ2v) is 11.8. The number of benzene rings is 3. The van der Waals surface area contributed by atoms with E-state index in [0.29, 0.717) is 44.4 Å². The molecule has 0 bridgehead atoms. The minimum absolute atomic E-state index is 0.00129. The van der Waals surface area contributed by atoms with E-state index in [1.165, 1.54) is 5.56 Å². The van der Waals surface area contributed by atoms with Gasteiger partial charge in [0.1, 0.15) is 5.75 Å². The zero-order chi connectivity index (χ0) is 30.3. The van der Waals surface area contributed by atoms with E-state index in [0.717, 1.165) is 30.8 Å². The maximum atomic E-state index is 13.7. The van der Waals surface area contributed by atoms with Crippen molar-refractivity contribution in [2.75, 3.05) is 52.4 Å². The van der Waals surface area contributed by atoms with E-state index in [9.17, 15) is 14.7 Å². The normalized spacial score (nSPS) is 21.0. The first-order chi connectivity index (χ1) is 20.8. The minimum atomic E-state index is -0.225. The summed E-state index contributed by atoms with van der Waals surface area (Å²) in [6, 6.07) is 26.5. The lowest BCUT2D eigenvalue weighted by Gasteiger charge is -2.47. The van der Waals surface area contributed by atoms with Gasteiger partial charge in [0.25, 0.3) is 5.91 Å². The van der Waals surface area contributed by atoms with Crippen LogP contribution in [0, 0.1) is 0 Å². The SMILES string of the molecule is CCOC(=O)CN1CCN(C(=O)c2cccc([C@H](c3cccc(O)c3)N3C[C@@H](C)N(Cc4ccccc4)C[C@@H]3C)c2)CC1. The zero-order valence-corrected chi connectivity index (χ0v) is 25.6. The molecule has 2 aliphatic heterocycles. The van der Waals surface area contributed by atoms with E-state index < -0.39 is 0 Å². The quantitative estimate of drug-likeness (QED) is 0.374. The number of esters is 1. The van der Waals surface area contributed by atoms with Gasteiger partial charge in [-0.1, -0.05) is 54.6 Å². The molecule has 2 heterocycles. The lowest BCUT2D eigenvalue weighted by molar-refractivity contribution is -0.144. The Hall–Kier alpha value is -3.72. The molecule has 0 spiro atoms. The van der Waals surface area contributed by atoms with Gasteiger partial charge in [-0.2, -0.15) is 0 Å². The molecule has 0 radical (unpaired) electrons. The van der Waals surface area contributed by atoms with Crippen LogP contribution >= 0.6 is 0 Å². The number of carbonyl (C=O) groups excluding carboxylic acids is 2. The van der Waals surface area contributed by atoms with E-state index in [-0.39, 0.29) is 36.3 Å². The third kappa shape index (κ3) is 7.63. The molecular weight excluding hydrogens is 540 g/mol. The summed E-state index contributed by atoms with van der Waals surface area (Å²) >= 11 is 0. The smallest absolute Gasteiger partial charge is 0.320 e. The van der Waals surface area contributed by atoms with Gasteiger partial charge in [0.15, 0.2) is 0 Å². The Kier molecular flexibility index (Phi) is 10.1. The van der Waals surface area contributed by atoms with Crippen LogP contribution in [-0.4, -0.2) is 101 Å². The number of nitrogens with zero attached hydrogens (tertiary/aromatic N) is 4. The van der Waals surface area contributed by atoms with Gasteiger partial charge in [-0.3, -0.25) is 24.3 Å². The van der Waals surface area contributed by atoms with Crippen LogP contribution in [-0.2, 0) is 16.1 Å². The highest BCUT2D eigenvalue weighted by Gasteiger charge is 2.35. The fraction of sp³-hybridized carbons (Fsp3) is 0.429. The number of aromatic hydroxyl groups is 1. The predicted molar refractivity (Wildman–Crippen MR) is 168 cm³/mol. The molecule has 8 heteroatoms. The molecule has 3 aromatic carbocycles. The fourth-order valence-corrected chi connectivity index (χ4v) is 6.42. The Labute approximate surface area is 255 Å². The number of carbonyl (C=O) groups is 2. The number of phenolic OH excluding ortho intramolecular Hbond substituents is 1. The molecule has 0 aromatic heterocycles. The van der Waals surface area contributed by atoms with Crippen LogP contribution in [0.25, 0.3) is 0 Å². The summed E-state index contributed by atoms with van der Waals surface area (Å²) in [4.78, 5) is 34.5. The van der Waals surface area contributed by atoms with Crippen LogP contribution in [0.1, 0.15) is 53.9 Å². The molecule has 1 N–H and O–H groups in total. The summed E-state index contributed by atoms with van der Waals surface area (Å²) < 4.78 is 5.08. The van der Waals surface area contributed by atoms with Gasteiger partial charge in [0, 0.05) is 63.5 Å². The first-order valence-corrected chi connectivity index (χ1v) is 15.4. The van der Waals surface area contributed by atoms with Crippen LogP contribution in [0.15, 0.2) is 78.9 Å². The Morgan fingerprint density at radius 1 is 0.860 bits per heavy atom. The van der Waals surface area contributed by atoms with Crippen molar-refractivity contribution >= 4 is 11.9 Å². The van der Waals surface area contributed by atoms with E-state index >= 15 is 0 Å². The lowest BCUT2D eigenvalue weighted by Crippen LogP contribution is -2.56. The topological polar surface area (TPSA) is 76.6 Å². The van der Waals surface area contributed by atoms with Crippen molar-refractivity contribution in [3.05, 3.63) is 101 Å². The van der Waals surface area contributed by atoms with Gasteiger partial charge in [-0.25, -0.2) is 0 Å². The highest BCUT2D eigenvalue weighted by molar-refractivity contribution is 5.94. The molecule has 2 aliphatic rings. The minimum Gasteiger partial charge on any atom is -0.508 e. The summed E-state index contributed by atoms with van der Waals surface area (Å²) in [6.45, 7) is 12.1. The van der Waals surface area contributed by atoms with E-state index in [1.807, 2.05) is 40.1 Å². The van der Waals surface area contributed by atoms with Gasteiger partial charge in [0.2, 0.25) is 0 Å². The Morgan fingerprint density at radius 2 is 1.56 bits per heavy atom. The molecular formula is C35H44N4O4. The molecule has 228 valence electrons. The molecule has 8 nitrogen and oxygen atoms in total. The average Bonchev–Trinajstić information content (AvgIpc) is 3.00. The molecule has 43 heavy (non-hydrogen) atoms. The fourth-order valence-electron chi connectivity index (χ4n) is 6.42. The predicted octanol–water partition coefficient (Wildman–Crippen LogP) is 4.40. The molecule has 0 unspecified atom stereocenters. The van der Waals surface area contributed by atoms with Gasteiger partial charge in [0.05, 0.1) is 19.2 Å². The number of amides is 1. The van der Waals surface area contributed by atoms with E-state index in [4.69, 9.17) is 4.74 Å². The molecule has 0 aliphatic carbocycles. The van der Waals surface area contributed by atoms with Crippen LogP contribution in [0.4, 0.5) is 0 Å². The number of phenols is 1. The van der Waals surface area contributed by atoms with Crippen LogP contribution in [0.5, 0.6) is 5.75 Å². The monoisotopic (exact) mass is 584 g/mol. The third-order valence-corrected chi connectivity index (χ3v) is 8.68. The summed E-state index contributed by atoms with van der Waals surface area (Å²) in [6.07, 6.45) is 0. The number of ether oxygens (including phenoxy) is 1.